The van der Waals surface area contributed by atoms with Crippen LogP contribution in [-0.4, -0.2) is 20.8 Å². The Morgan fingerprint density at radius 2 is 1.57 bits per heavy atom. The van der Waals surface area contributed by atoms with E-state index >= 15 is 0 Å². The first-order chi connectivity index (χ1) is 9.94. The fourth-order valence-corrected chi connectivity index (χ4v) is 2.95. The lowest BCUT2D eigenvalue weighted by molar-refractivity contribution is 0.272. The highest BCUT2D eigenvalue weighted by Gasteiger charge is 2.11. The Kier molecular flexibility index (Phi) is 4.98. The van der Waals surface area contributed by atoms with E-state index in [1.54, 1.807) is 6.92 Å². The number of nitrogens with two attached hydrogens (primary N) is 1. The van der Waals surface area contributed by atoms with Crippen LogP contribution in [0.25, 0.3) is 11.1 Å². The molecule has 0 bridgehead atoms. The van der Waals surface area contributed by atoms with Gasteiger partial charge < -0.3 is 4.74 Å². The van der Waals surface area contributed by atoms with E-state index in [4.69, 9.17) is 9.88 Å². The number of rotatable bonds is 6. The summed E-state index contributed by atoms with van der Waals surface area (Å²) in [6.45, 7) is 2.11. The highest BCUT2D eigenvalue weighted by molar-refractivity contribution is 7.89. The predicted molar refractivity (Wildman–Crippen MR) is 84.5 cm³/mol. The molecule has 0 aliphatic carbocycles. The molecule has 0 saturated carbocycles. The van der Waals surface area contributed by atoms with Gasteiger partial charge in [-0.15, -0.1) is 0 Å². The highest BCUT2D eigenvalue weighted by atomic mass is 32.2. The lowest BCUT2D eigenvalue weighted by Gasteiger charge is -2.12. The van der Waals surface area contributed by atoms with Crippen LogP contribution in [0, 0.1) is 5.92 Å². The maximum absolute atomic E-state index is 11.0. The zero-order valence-corrected chi connectivity index (χ0v) is 12.7. The molecule has 0 fully saturated rings. The van der Waals surface area contributed by atoms with Gasteiger partial charge in [-0.05, 0) is 23.3 Å². The van der Waals surface area contributed by atoms with Crippen molar-refractivity contribution in [2.45, 2.75) is 6.92 Å². The second-order valence-corrected chi connectivity index (χ2v) is 6.80. The van der Waals surface area contributed by atoms with Crippen molar-refractivity contribution in [1.29, 1.82) is 0 Å². The monoisotopic (exact) mass is 305 g/mol. The van der Waals surface area contributed by atoms with Gasteiger partial charge in [0.25, 0.3) is 0 Å². The first kappa shape index (κ1) is 15.5. The van der Waals surface area contributed by atoms with Crippen LogP contribution in [0.4, 0.5) is 0 Å². The molecular weight excluding hydrogens is 286 g/mol. The smallest absolute Gasteiger partial charge is 0.209 e. The topological polar surface area (TPSA) is 69.4 Å². The molecule has 2 aromatic rings. The van der Waals surface area contributed by atoms with E-state index in [1.807, 2.05) is 54.6 Å². The first-order valence-electron chi connectivity index (χ1n) is 6.73. The largest absolute Gasteiger partial charge is 0.493 e. The third-order valence-corrected chi connectivity index (χ3v) is 4.05. The third kappa shape index (κ3) is 5.21. The van der Waals surface area contributed by atoms with Crippen molar-refractivity contribution in [3.63, 3.8) is 0 Å². The Labute approximate surface area is 125 Å². The average Bonchev–Trinajstić information content (AvgIpc) is 2.45. The second-order valence-electron chi connectivity index (χ2n) is 5.14. The van der Waals surface area contributed by atoms with Crippen molar-refractivity contribution < 1.29 is 13.2 Å². The van der Waals surface area contributed by atoms with E-state index in [0.29, 0.717) is 6.61 Å². The van der Waals surface area contributed by atoms with Crippen molar-refractivity contribution in [3.8, 4) is 16.9 Å². The van der Waals surface area contributed by atoms with Crippen LogP contribution in [0.2, 0.25) is 0 Å². The van der Waals surface area contributed by atoms with Gasteiger partial charge in [-0.3, -0.25) is 0 Å². The van der Waals surface area contributed by atoms with Crippen LogP contribution in [0.3, 0.4) is 0 Å². The van der Waals surface area contributed by atoms with Crippen molar-refractivity contribution in [2.24, 2.45) is 11.1 Å². The number of sulfonamides is 1. The van der Waals surface area contributed by atoms with Gasteiger partial charge in [-0.2, -0.15) is 0 Å². The quantitative estimate of drug-likeness (QED) is 0.892. The molecule has 2 rings (SSSR count). The zero-order chi connectivity index (χ0) is 15.3. The molecular formula is C16H19NO3S. The molecule has 0 aromatic heterocycles. The molecule has 21 heavy (non-hydrogen) atoms. The second kappa shape index (κ2) is 6.74. The molecule has 2 N–H and O–H groups in total. The van der Waals surface area contributed by atoms with E-state index in [-0.39, 0.29) is 11.7 Å². The molecule has 112 valence electrons. The van der Waals surface area contributed by atoms with E-state index in [9.17, 15) is 8.42 Å². The van der Waals surface area contributed by atoms with Gasteiger partial charge >= 0.3 is 0 Å². The summed E-state index contributed by atoms with van der Waals surface area (Å²) in [4.78, 5) is 0. The maximum atomic E-state index is 11.0. The molecule has 2 aromatic carbocycles. The zero-order valence-electron chi connectivity index (χ0n) is 11.9. The predicted octanol–water partition coefficient (Wildman–Crippen LogP) is 2.66. The number of primary sulfonamides is 1. The Balaban J connectivity index is 1.94. The lowest BCUT2D eigenvalue weighted by Crippen LogP contribution is -2.25. The minimum absolute atomic E-state index is 0.0743. The molecule has 0 spiro atoms. The van der Waals surface area contributed by atoms with E-state index in [1.165, 1.54) is 0 Å². The summed E-state index contributed by atoms with van der Waals surface area (Å²) in [5.41, 5.74) is 2.26. The van der Waals surface area contributed by atoms with E-state index < -0.39 is 10.0 Å². The fraction of sp³-hybridized carbons (Fsp3) is 0.250. The lowest BCUT2D eigenvalue weighted by atomic mass is 10.1. The molecule has 0 aliphatic heterocycles. The summed E-state index contributed by atoms with van der Waals surface area (Å²) in [5.74, 6) is 0.500. The summed E-state index contributed by atoms with van der Waals surface area (Å²) >= 11 is 0. The van der Waals surface area contributed by atoms with Crippen LogP contribution in [0.1, 0.15) is 6.92 Å². The van der Waals surface area contributed by atoms with Gasteiger partial charge in [-0.1, -0.05) is 49.4 Å². The van der Waals surface area contributed by atoms with Crippen molar-refractivity contribution in [1.82, 2.24) is 0 Å². The van der Waals surface area contributed by atoms with Crippen molar-refractivity contribution in [2.75, 3.05) is 12.4 Å². The number of hydrogen-bond donors (Lipinski definition) is 1. The standard InChI is InChI=1S/C16H19NO3S/c1-13(12-21(17,18)19)11-20-16-9-7-15(8-10-16)14-5-3-2-4-6-14/h2-10,13H,11-12H2,1H3,(H2,17,18,19). The van der Waals surface area contributed by atoms with Crippen LogP contribution in [0.15, 0.2) is 54.6 Å². The number of benzene rings is 2. The minimum atomic E-state index is -3.45. The van der Waals surface area contributed by atoms with Gasteiger partial charge in [0.1, 0.15) is 5.75 Å². The normalized spacial score (nSPS) is 12.9. The van der Waals surface area contributed by atoms with Crippen molar-refractivity contribution in [3.05, 3.63) is 54.6 Å². The van der Waals surface area contributed by atoms with Gasteiger partial charge in [-0.25, -0.2) is 13.6 Å². The third-order valence-electron chi connectivity index (χ3n) is 3.01. The fourth-order valence-electron chi connectivity index (χ4n) is 2.06. The summed E-state index contributed by atoms with van der Waals surface area (Å²) in [6, 6.07) is 17.8. The molecule has 0 saturated heterocycles. The SMILES string of the molecule is CC(COc1ccc(-c2ccccc2)cc1)CS(N)(=O)=O. The van der Waals surface area contributed by atoms with Gasteiger partial charge in [0.05, 0.1) is 12.4 Å². The molecule has 0 radical (unpaired) electrons. The van der Waals surface area contributed by atoms with E-state index in [0.717, 1.165) is 16.9 Å². The van der Waals surface area contributed by atoms with Crippen LogP contribution in [0.5, 0.6) is 5.75 Å². The summed E-state index contributed by atoms with van der Waals surface area (Å²) in [6.07, 6.45) is 0. The maximum Gasteiger partial charge on any atom is 0.209 e. The molecule has 0 amide bonds. The number of ether oxygens (including phenoxy) is 1. The molecule has 4 nitrogen and oxygen atoms in total. The molecule has 1 unspecified atom stereocenters. The molecule has 0 heterocycles. The average molecular weight is 305 g/mol. The van der Waals surface area contributed by atoms with Crippen LogP contribution in [-0.2, 0) is 10.0 Å². The minimum Gasteiger partial charge on any atom is -0.493 e. The molecule has 1 atom stereocenters. The summed E-state index contributed by atoms with van der Waals surface area (Å²) in [5, 5.41) is 5.01. The van der Waals surface area contributed by atoms with E-state index in [2.05, 4.69) is 0 Å². The van der Waals surface area contributed by atoms with Gasteiger partial charge in [0.15, 0.2) is 0 Å². The molecule has 5 heteroatoms. The molecule has 0 aliphatic rings. The summed E-state index contributed by atoms with van der Waals surface area (Å²) < 4.78 is 27.5. The number of hydrogen-bond acceptors (Lipinski definition) is 3. The van der Waals surface area contributed by atoms with Gasteiger partial charge in [0, 0.05) is 5.92 Å². The Hall–Kier alpha value is -1.85. The van der Waals surface area contributed by atoms with Crippen molar-refractivity contribution >= 4 is 10.0 Å². The summed E-state index contributed by atoms with van der Waals surface area (Å²) in [7, 11) is -3.45. The van der Waals surface area contributed by atoms with Crippen LogP contribution >= 0.6 is 0 Å². The Morgan fingerprint density at radius 1 is 1.00 bits per heavy atom. The highest BCUT2D eigenvalue weighted by Crippen LogP contribution is 2.22. The first-order valence-corrected chi connectivity index (χ1v) is 8.44. The Bertz CT molecular complexity index is 666. The van der Waals surface area contributed by atoms with Crippen LogP contribution < -0.4 is 9.88 Å². The Morgan fingerprint density at radius 3 is 2.14 bits per heavy atom. The van der Waals surface area contributed by atoms with Gasteiger partial charge in [0.2, 0.25) is 10.0 Å².